The summed E-state index contributed by atoms with van der Waals surface area (Å²) in [5, 5.41) is 10.7. The van der Waals surface area contributed by atoms with Gasteiger partial charge in [-0.15, -0.1) is 0 Å². The highest BCUT2D eigenvalue weighted by Crippen LogP contribution is 2.35. The van der Waals surface area contributed by atoms with E-state index in [1.165, 1.54) is 0 Å². The van der Waals surface area contributed by atoms with Crippen LogP contribution in [-0.4, -0.2) is 19.9 Å². The fraction of sp³-hybridized carbons (Fsp3) is 0.0800. The van der Waals surface area contributed by atoms with Gasteiger partial charge in [-0.2, -0.15) is 10.1 Å². The number of aromatic nitrogens is 4. The molecule has 0 saturated carbocycles. The summed E-state index contributed by atoms with van der Waals surface area (Å²) in [5.41, 5.74) is 5.04. The Kier molecular flexibility index (Phi) is 5.94. The Morgan fingerprint density at radius 2 is 1.61 bits per heavy atom. The number of halogens is 3. The van der Waals surface area contributed by atoms with E-state index in [1.54, 1.807) is 16.8 Å². The molecule has 0 radical (unpaired) electrons. The second-order valence-corrected chi connectivity index (χ2v) is 8.79. The summed E-state index contributed by atoms with van der Waals surface area (Å²) in [4.78, 5) is 4.60. The molecule has 0 aliphatic rings. The van der Waals surface area contributed by atoms with Gasteiger partial charge in [0.1, 0.15) is 5.69 Å². The lowest BCUT2D eigenvalue weighted by Gasteiger charge is -2.11. The maximum Gasteiger partial charge on any atom is 0.231 e. The van der Waals surface area contributed by atoms with Gasteiger partial charge in [0, 0.05) is 21.2 Å². The quantitative estimate of drug-likeness (QED) is 0.254. The lowest BCUT2D eigenvalue weighted by Crippen LogP contribution is -2.00. The molecule has 0 saturated heterocycles. The average Bonchev–Trinajstić information content (AvgIpc) is 3.39. The molecule has 0 N–H and O–H groups in total. The van der Waals surface area contributed by atoms with Crippen molar-refractivity contribution in [3.63, 3.8) is 0 Å². The Labute approximate surface area is 205 Å². The van der Waals surface area contributed by atoms with Crippen molar-refractivity contribution in [3.05, 3.63) is 105 Å². The number of nitrogens with zero attached hydrogens (tertiary/aromatic N) is 4. The van der Waals surface area contributed by atoms with Crippen molar-refractivity contribution in [3.8, 4) is 28.5 Å². The van der Waals surface area contributed by atoms with Gasteiger partial charge in [-0.1, -0.05) is 82.4 Å². The van der Waals surface area contributed by atoms with Crippen LogP contribution < -0.4 is 0 Å². The van der Waals surface area contributed by atoms with E-state index in [9.17, 15) is 0 Å². The van der Waals surface area contributed by atoms with Gasteiger partial charge in [-0.3, -0.25) is 0 Å². The Morgan fingerprint density at radius 1 is 0.879 bits per heavy atom. The van der Waals surface area contributed by atoms with E-state index in [0.29, 0.717) is 44.6 Å². The smallest absolute Gasteiger partial charge is 0.231 e. The molecule has 0 fully saturated rings. The number of hydrogen-bond acceptors (Lipinski definition) is 4. The zero-order chi connectivity index (χ0) is 22.9. The van der Waals surface area contributed by atoms with Crippen LogP contribution in [0.4, 0.5) is 0 Å². The highest BCUT2D eigenvalue weighted by Gasteiger charge is 2.23. The van der Waals surface area contributed by atoms with Crippen LogP contribution in [0, 0.1) is 6.92 Å². The minimum Gasteiger partial charge on any atom is -0.339 e. The van der Waals surface area contributed by atoms with Crippen molar-refractivity contribution in [1.82, 2.24) is 19.9 Å². The zero-order valence-corrected chi connectivity index (χ0v) is 19.7. The molecule has 5 rings (SSSR count). The molecule has 33 heavy (non-hydrogen) atoms. The fourth-order valence-electron chi connectivity index (χ4n) is 3.68. The largest absolute Gasteiger partial charge is 0.339 e. The van der Waals surface area contributed by atoms with E-state index < -0.39 is 0 Å². The minimum atomic E-state index is 0.414. The second-order valence-electron chi connectivity index (χ2n) is 7.51. The van der Waals surface area contributed by atoms with E-state index in [4.69, 9.17) is 44.4 Å². The van der Waals surface area contributed by atoms with Gasteiger partial charge in [0.25, 0.3) is 0 Å². The molecule has 5 nitrogen and oxygen atoms in total. The molecule has 0 aliphatic heterocycles. The highest BCUT2D eigenvalue weighted by molar-refractivity contribution is 6.35. The van der Waals surface area contributed by atoms with Crippen LogP contribution >= 0.6 is 34.8 Å². The van der Waals surface area contributed by atoms with E-state index >= 15 is 0 Å². The zero-order valence-electron chi connectivity index (χ0n) is 17.5. The molecule has 0 aliphatic carbocycles. The molecule has 5 aromatic rings. The lowest BCUT2D eigenvalue weighted by atomic mass is 10.1. The van der Waals surface area contributed by atoms with E-state index in [2.05, 4.69) is 10.1 Å². The Balaban J connectivity index is 1.63. The molecule has 0 bridgehead atoms. The molecule has 0 amide bonds. The maximum atomic E-state index is 6.53. The van der Waals surface area contributed by atoms with Crippen LogP contribution in [0.15, 0.2) is 77.3 Å². The topological polar surface area (TPSA) is 56.7 Å². The van der Waals surface area contributed by atoms with Crippen molar-refractivity contribution in [2.75, 3.05) is 0 Å². The first kappa shape index (κ1) is 21.7. The van der Waals surface area contributed by atoms with E-state index in [-0.39, 0.29) is 0 Å². The third-order valence-corrected chi connectivity index (χ3v) is 6.05. The van der Waals surface area contributed by atoms with Crippen LogP contribution in [0.1, 0.15) is 17.0 Å². The Hall–Kier alpha value is -3.12. The minimum absolute atomic E-state index is 0.414. The van der Waals surface area contributed by atoms with Crippen molar-refractivity contribution in [2.24, 2.45) is 0 Å². The van der Waals surface area contributed by atoms with Gasteiger partial charge in [0.2, 0.25) is 11.7 Å². The van der Waals surface area contributed by atoms with Gasteiger partial charge in [0.15, 0.2) is 0 Å². The highest BCUT2D eigenvalue weighted by atomic mass is 35.5. The van der Waals surface area contributed by atoms with Crippen molar-refractivity contribution in [2.45, 2.75) is 13.3 Å². The first-order chi connectivity index (χ1) is 16.0. The predicted octanol–water partition coefficient (Wildman–Crippen LogP) is 7.45. The van der Waals surface area contributed by atoms with E-state index in [0.717, 1.165) is 22.4 Å². The molecule has 0 atom stereocenters. The lowest BCUT2D eigenvalue weighted by molar-refractivity contribution is 0.385. The van der Waals surface area contributed by atoms with Gasteiger partial charge in [0.05, 0.1) is 22.8 Å². The van der Waals surface area contributed by atoms with Crippen LogP contribution in [0.2, 0.25) is 15.1 Å². The molecule has 2 aromatic heterocycles. The van der Waals surface area contributed by atoms with Gasteiger partial charge < -0.3 is 4.52 Å². The van der Waals surface area contributed by atoms with E-state index in [1.807, 2.05) is 67.6 Å². The summed E-state index contributed by atoms with van der Waals surface area (Å²) in [7, 11) is 0. The molecular formula is C25H17Cl3N4O. The Morgan fingerprint density at radius 3 is 2.33 bits per heavy atom. The first-order valence-corrected chi connectivity index (χ1v) is 11.3. The normalized spacial score (nSPS) is 11.2. The summed E-state index contributed by atoms with van der Waals surface area (Å²) >= 11 is 18.8. The summed E-state index contributed by atoms with van der Waals surface area (Å²) in [6.07, 6.45) is 0.542. The van der Waals surface area contributed by atoms with Gasteiger partial charge in [-0.25, -0.2) is 4.68 Å². The van der Waals surface area contributed by atoms with Crippen molar-refractivity contribution >= 4 is 34.8 Å². The number of hydrogen-bond donors (Lipinski definition) is 0. The molecule has 2 heterocycles. The monoisotopic (exact) mass is 494 g/mol. The summed E-state index contributed by atoms with van der Waals surface area (Å²) in [5.74, 6) is 0.931. The first-order valence-electron chi connectivity index (χ1n) is 10.2. The summed E-state index contributed by atoms with van der Waals surface area (Å²) in [6, 6.07) is 22.8. The standard InChI is InChI=1S/C25H17Cl3N4O/c1-15-23(25-29-22(33-31-25)13-16-5-3-2-4-6-16)30-32(21-12-11-19(27)14-20(21)28)24(15)17-7-9-18(26)10-8-17/h2-12,14H,13H2,1H3. The Bertz CT molecular complexity index is 1430. The average molecular weight is 496 g/mol. The van der Waals surface area contributed by atoms with Gasteiger partial charge >= 0.3 is 0 Å². The third kappa shape index (κ3) is 4.40. The SMILES string of the molecule is Cc1c(-c2noc(Cc3ccccc3)n2)nn(-c2ccc(Cl)cc2Cl)c1-c1ccc(Cl)cc1. The van der Waals surface area contributed by atoms with Crippen LogP contribution in [0.5, 0.6) is 0 Å². The number of rotatable bonds is 5. The second kappa shape index (κ2) is 9.02. The predicted molar refractivity (Wildman–Crippen MR) is 131 cm³/mol. The number of benzene rings is 3. The van der Waals surface area contributed by atoms with Crippen LogP contribution in [-0.2, 0) is 6.42 Å². The molecular weight excluding hydrogens is 479 g/mol. The molecule has 0 unspecified atom stereocenters. The third-order valence-electron chi connectivity index (χ3n) is 5.26. The molecule has 3 aromatic carbocycles. The maximum absolute atomic E-state index is 6.53. The summed E-state index contributed by atoms with van der Waals surface area (Å²) < 4.78 is 7.30. The molecule has 8 heteroatoms. The molecule has 0 spiro atoms. The van der Waals surface area contributed by atoms with Crippen molar-refractivity contribution < 1.29 is 4.52 Å². The van der Waals surface area contributed by atoms with Crippen LogP contribution in [0.25, 0.3) is 28.5 Å². The summed E-state index contributed by atoms with van der Waals surface area (Å²) in [6.45, 7) is 1.97. The van der Waals surface area contributed by atoms with Gasteiger partial charge in [-0.05, 0) is 42.8 Å². The fourth-order valence-corrected chi connectivity index (χ4v) is 4.29. The molecule has 164 valence electrons. The van der Waals surface area contributed by atoms with Crippen LogP contribution in [0.3, 0.4) is 0 Å². The van der Waals surface area contributed by atoms with Crippen molar-refractivity contribution in [1.29, 1.82) is 0 Å².